The fourth-order valence-electron chi connectivity index (χ4n) is 2.12. The van der Waals surface area contributed by atoms with Gasteiger partial charge in [0, 0.05) is 25.2 Å². The number of rotatable bonds is 3. The maximum absolute atomic E-state index is 11.5. The van der Waals surface area contributed by atoms with E-state index in [9.17, 15) is 8.42 Å². The van der Waals surface area contributed by atoms with E-state index < -0.39 is 9.84 Å². The number of anilines is 1. The normalized spacial score (nSPS) is 22.6. The molecular formula is C11H15ClN2O2S. The second kappa shape index (κ2) is 4.82. The first-order valence-electron chi connectivity index (χ1n) is 5.45. The minimum atomic E-state index is -2.86. The van der Waals surface area contributed by atoms with Crippen LogP contribution in [0.2, 0.25) is 0 Å². The van der Waals surface area contributed by atoms with Gasteiger partial charge in [0.25, 0.3) is 0 Å². The maximum atomic E-state index is 11.5. The molecular weight excluding hydrogens is 260 g/mol. The first kappa shape index (κ1) is 12.6. The van der Waals surface area contributed by atoms with Gasteiger partial charge in [-0.05, 0) is 18.1 Å². The molecule has 1 aromatic heterocycles. The number of aromatic nitrogens is 1. The van der Waals surface area contributed by atoms with Crippen LogP contribution in [0, 0.1) is 0 Å². The molecule has 1 aromatic rings. The molecule has 1 aliphatic rings. The predicted octanol–water partition coefficient (Wildman–Crippen LogP) is 1.44. The molecule has 0 spiro atoms. The number of alkyl halides is 1. The van der Waals surface area contributed by atoms with Crippen molar-refractivity contribution < 1.29 is 8.42 Å². The van der Waals surface area contributed by atoms with E-state index in [4.69, 9.17) is 11.6 Å². The molecule has 0 N–H and O–H groups in total. The van der Waals surface area contributed by atoms with Gasteiger partial charge < -0.3 is 4.90 Å². The van der Waals surface area contributed by atoms with Gasteiger partial charge in [-0.2, -0.15) is 0 Å². The highest BCUT2D eigenvalue weighted by Crippen LogP contribution is 2.26. The van der Waals surface area contributed by atoms with Gasteiger partial charge in [-0.15, -0.1) is 11.6 Å². The Kier molecular flexibility index (Phi) is 3.58. The summed E-state index contributed by atoms with van der Waals surface area (Å²) in [6.45, 7) is 0. The van der Waals surface area contributed by atoms with Crippen LogP contribution in [0.5, 0.6) is 0 Å². The highest BCUT2D eigenvalue weighted by atomic mass is 35.5. The zero-order valence-electron chi connectivity index (χ0n) is 9.63. The van der Waals surface area contributed by atoms with E-state index >= 15 is 0 Å². The Morgan fingerprint density at radius 1 is 1.59 bits per heavy atom. The van der Waals surface area contributed by atoms with Crippen molar-refractivity contribution in [3.8, 4) is 0 Å². The topological polar surface area (TPSA) is 50.3 Å². The average Bonchev–Trinajstić information content (AvgIpc) is 2.68. The fourth-order valence-corrected chi connectivity index (χ4v) is 4.12. The molecule has 0 aliphatic carbocycles. The molecule has 94 valence electrons. The third kappa shape index (κ3) is 2.72. The molecule has 6 heteroatoms. The molecule has 4 nitrogen and oxygen atoms in total. The largest absolute Gasteiger partial charge is 0.369 e. The van der Waals surface area contributed by atoms with E-state index in [0.717, 1.165) is 11.3 Å². The maximum Gasteiger partial charge on any atom is 0.152 e. The Labute approximate surface area is 107 Å². The Hall–Kier alpha value is -0.810. The quantitative estimate of drug-likeness (QED) is 0.783. The highest BCUT2D eigenvalue weighted by molar-refractivity contribution is 7.91. The lowest BCUT2D eigenvalue weighted by molar-refractivity contribution is 0.600. The van der Waals surface area contributed by atoms with E-state index in [1.807, 2.05) is 18.0 Å². The van der Waals surface area contributed by atoms with Crippen LogP contribution >= 0.6 is 11.6 Å². The molecule has 2 heterocycles. The molecule has 0 aromatic carbocycles. The van der Waals surface area contributed by atoms with Crippen molar-refractivity contribution in [1.82, 2.24) is 4.98 Å². The Balaban J connectivity index is 2.23. The van der Waals surface area contributed by atoms with E-state index in [1.54, 1.807) is 12.4 Å². The lowest BCUT2D eigenvalue weighted by Gasteiger charge is -2.27. The third-order valence-corrected chi connectivity index (χ3v) is 5.21. The van der Waals surface area contributed by atoms with E-state index in [2.05, 4.69) is 4.98 Å². The summed E-state index contributed by atoms with van der Waals surface area (Å²) in [7, 11) is -0.962. The number of nitrogens with zero attached hydrogens (tertiary/aromatic N) is 2. The van der Waals surface area contributed by atoms with Crippen molar-refractivity contribution in [1.29, 1.82) is 0 Å². The second-order valence-corrected chi connectivity index (χ2v) is 6.80. The Bertz CT molecular complexity index is 504. The molecule has 0 saturated carbocycles. The van der Waals surface area contributed by atoms with Crippen molar-refractivity contribution in [3.05, 3.63) is 24.0 Å². The van der Waals surface area contributed by atoms with Crippen LogP contribution < -0.4 is 4.90 Å². The van der Waals surface area contributed by atoms with Gasteiger partial charge in [-0.3, -0.25) is 4.98 Å². The highest BCUT2D eigenvalue weighted by Gasteiger charge is 2.31. The standard InChI is InChI=1S/C11H15ClN2O2S/c1-14(10-3-5-17(15,16)8-10)11-7-13-4-2-9(11)6-12/h2,4,7,10H,3,5-6,8H2,1H3. The molecule has 2 rings (SSSR count). The van der Waals surface area contributed by atoms with Crippen LogP contribution in [0.25, 0.3) is 0 Å². The van der Waals surface area contributed by atoms with Crippen molar-refractivity contribution >= 4 is 27.1 Å². The van der Waals surface area contributed by atoms with Crippen LogP contribution in [-0.4, -0.2) is 38.0 Å². The van der Waals surface area contributed by atoms with Gasteiger partial charge in [-0.1, -0.05) is 0 Å². The Morgan fingerprint density at radius 2 is 2.35 bits per heavy atom. The van der Waals surface area contributed by atoms with Crippen LogP contribution in [0.4, 0.5) is 5.69 Å². The SMILES string of the molecule is CN(c1cnccc1CCl)C1CCS(=O)(=O)C1. The number of hydrogen-bond donors (Lipinski definition) is 0. The van der Waals surface area contributed by atoms with Gasteiger partial charge in [-0.25, -0.2) is 8.42 Å². The number of sulfone groups is 1. The van der Waals surface area contributed by atoms with Gasteiger partial charge in [0.05, 0.1) is 23.4 Å². The molecule has 1 atom stereocenters. The molecule has 17 heavy (non-hydrogen) atoms. The van der Waals surface area contributed by atoms with Crippen LogP contribution in [0.1, 0.15) is 12.0 Å². The minimum Gasteiger partial charge on any atom is -0.369 e. The summed E-state index contributed by atoms with van der Waals surface area (Å²) >= 11 is 5.87. The average molecular weight is 275 g/mol. The van der Waals surface area contributed by atoms with Crippen molar-refractivity contribution in [2.24, 2.45) is 0 Å². The second-order valence-electron chi connectivity index (χ2n) is 4.31. The fraction of sp³-hybridized carbons (Fsp3) is 0.545. The minimum absolute atomic E-state index is 0.0335. The number of hydrogen-bond acceptors (Lipinski definition) is 4. The summed E-state index contributed by atoms with van der Waals surface area (Å²) in [6, 6.07) is 1.90. The third-order valence-electron chi connectivity index (χ3n) is 3.17. The van der Waals surface area contributed by atoms with E-state index in [0.29, 0.717) is 12.3 Å². The van der Waals surface area contributed by atoms with Gasteiger partial charge >= 0.3 is 0 Å². The number of halogens is 1. The summed E-state index contributed by atoms with van der Waals surface area (Å²) in [5, 5.41) is 0. The van der Waals surface area contributed by atoms with Crippen molar-refractivity contribution in [2.75, 3.05) is 23.5 Å². The molecule has 0 radical (unpaired) electrons. The van der Waals surface area contributed by atoms with Crippen LogP contribution in [-0.2, 0) is 15.7 Å². The summed E-state index contributed by atoms with van der Waals surface area (Å²) in [5.74, 6) is 0.903. The lowest BCUT2D eigenvalue weighted by atomic mass is 10.2. The molecule has 0 bridgehead atoms. The molecule has 1 fully saturated rings. The first-order chi connectivity index (χ1) is 8.03. The van der Waals surface area contributed by atoms with Crippen molar-refractivity contribution in [3.63, 3.8) is 0 Å². The molecule has 0 amide bonds. The zero-order chi connectivity index (χ0) is 12.5. The van der Waals surface area contributed by atoms with E-state index in [-0.39, 0.29) is 17.5 Å². The Morgan fingerprint density at radius 3 is 2.94 bits per heavy atom. The summed E-state index contributed by atoms with van der Waals surface area (Å²) in [5.41, 5.74) is 1.90. The smallest absolute Gasteiger partial charge is 0.152 e. The monoisotopic (exact) mass is 274 g/mol. The lowest BCUT2D eigenvalue weighted by Crippen LogP contribution is -2.33. The van der Waals surface area contributed by atoms with Gasteiger partial charge in [0.1, 0.15) is 0 Å². The zero-order valence-corrected chi connectivity index (χ0v) is 11.2. The van der Waals surface area contributed by atoms with Gasteiger partial charge in [0.15, 0.2) is 9.84 Å². The summed E-state index contributed by atoms with van der Waals surface area (Å²) in [4.78, 5) is 6.05. The molecule has 1 unspecified atom stereocenters. The van der Waals surface area contributed by atoms with Crippen LogP contribution in [0.15, 0.2) is 18.5 Å². The number of pyridine rings is 1. The molecule has 1 saturated heterocycles. The van der Waals surface area contributed by atoms with Crippen LogP contribution in [0.3, 0.4) is 0 Å². The summed E-state index contributed by atoms with van der Waals surface area (Å²) in [6.07, 6.45) is 4.11. The summed E-state index contributed by atoms with van der Waals surface area (Å²) < 4.78 is 22.9. The predicted molar refractivity (Wildman–Crippen MR) is 69.3 cm³/mol. The van der Waals surface area contributed by atoms with Crippen molar-refractivity contribution in [2.45, 2.75) is 18.3 Å². The van der Waals surface area contributed by atoms with E-state index in [1.165, 1.54) is 0 Å². The first-order valence-corrected chi connectivity index (χ1v) is 7.81. The molecule has 1 aliphatic heterocycles. The van der Waals surface area contributed by atoms with Gasteiger partial charge in [0.2, 0.25) is 0 Å².